The summed E-state index contributed by atoms with van der Waals surface area (Å²) in [4.78, 5) is 9.72. The first kappa shape index (κ1) is 16.6. The van der Waals surface area contributed by atoms with Crippen LogP contribution in [0.1, 0.15) is 27.2 Å². The Hall–Kier alpha value is -2.81. The number of aliphatic imine (C=N–C) groups is 1. The van der Waals surface area contributed by atoms with Gasteiger partial charge in [0.05, 0.1) is 22.8 Å². The van der Waals surface area contributed by atoms with Crippen molar-refractivity contribution in [1.29, 1.82) is 0 Å². The highest BCUT2D eigenvalue weighted by Gasteiger charge is 2.28. The van der Waals surface area contributed by atoms with Gasteiger partial charge in [-0.05, 0) is 57.2 Å². The van der Waals surface area contributed by atoms with E-state index in [1.165, 1.54) is 22.6 Å². The second-order valence-electron chi connectivity index (χ2n) is 6.82. The third-order valence-electron chi connectivity index (χ3n) is 5.11. The number of anilines is 3. The van der Waals surface area contributed by atoms with E-state index >= 15 is 0 Å². The predicted octanol–water partition coefficient (Wildman–Crippen LogP) is 5.99. The van der Waals surface area contributed by atoms with E-state index in [-0.39, 0.29) is 0 Å². The quantitative estimate of drug-likeness (QED) is 0.679. The molecular formula is C23H25N3. The molecule has 0 saturated heterocycles. The fourth-order valence-electron chi connectivity index (χ4n) is 3.73. The van der Waals surface area contributed by atoms with E-state index in [0.717, 1.165) is 36.6 Å². The van der Waals surface area contributed by atoms with E-state index in [2.05, 4.69) is 91.3 Å². The number of hydrogen-bond donors (Lipinski definition) is 0. The molecule has 26 heavy (non-hydrogen) atoms. The minimum Gasteiger partial charge on any atom is -0.372 e. The molecule has 0 fully saturated rings. The van der Waals surface area contributed by atoms with Crippen molar-refractivity contribution < 1.29 is 0 Å². The Morgan fingerprint density at radius 2 is 1.77 bits per heavy atom. The van der Waals surface area contributed by atoms with Crippen LogP contribution in [-0.2, 0) is 0 Å². The molecule has 0 unspecified atom stereocenters. The number of rotatable bonds is 4. The molecule has 0 saturated carbocycles. The molecule has 4 rings (SSSR count). The van der Waals surface area contributed by atoms with Crippen LogP contribution in [-0.4, -0.2) is 18.8 Å². The maximum absolute atomic E-state index is 4.99. The minimum atomic E-state index is 0.909. The van der Waals surface area contributed by atoms with Crippen molar-refractivity contribution in [2.75, 3.05) is 22.9 Å². The average Bonchev–Trinajstić information content (AvgIpc) is 2.67. The van der Waals surface area contributed by atoms with Crippen LogP contribution in [0.25, 0.3) is 0 Å². The molecule has 2 aromatic rings. The number of hydrogen-bond acceptors (Lipinski definition) is 3. The highest BCUT2D eigenvalue weighted by atomic mass is 15.2. The second kappa shape index (κ2) is 6.83. The van der Waals surface area contributed by atoms with Gasteiger partial charge in [-0.1, -0.05) is 29.8 Å². The van der Waals surface area contributed by atoms with Crippen molar-refractivity contribution in [1.82, 2.24) is 0 Å². The van der Waals surface area contributed by atoms with Crippen LogP contribution < -0.4 is 9.80 Å². The van der Waals surface area contributed by atoms with Crippen LogP contribution in [0.3, 0.4) is 0 Å². The van der Waals surface area contributed by atoms with Gasteiger partial charge in [-0.3, -0.25) is 0 Å². The summed E-state index contributed by atoms with van der Waals surface area (Å²) in [5, 5.41) is 0. The number of para-hydroxylation sites is 1. The minimum absolute atomic E-state index is 0.909. The zero-order chi connectivity index (χ0) is 18.1. The van der Waals surface area contributed by atoms with Gasteiger partial charge >= 0.3 is 0 Å². The summed E-state index contributed by atoms with van der Waals surface area (Å²) < 4.78 is 0. The lowest BCUT2D eigenvalue weighted by Crippen LogP contribution is -2.28. The van der Waals surface area contributed by atoms with Crippen LogP contribution in [0, 0.1) is 0 Å². The Morgan fingerprint density at radius 1 is 1.00 bits per heavy atom. The van der Waals surface area contributed by atoms with Crippen LogP contribution in [0.15, 0.2) is 76.9 Å². The predicted molar refractivity (Wildman–Crippen MR) is 112 cm³/mol. The number of benzene rings is 2. The van der Waals surface area contributed by atoms with Crippen LogP contribution in [0.4, 0.5) is 22.7 Å². The van der Waals surface area contributed by atoms with Crippen molar-refractivity contribution >= 4 is 28.5 Å². The number of fused-ring (bicyclic) bond motifs is 2. The molecule has 0 spiro atoms. The van der Waals surface area contributed by atoms with Crippen molar-refractivity contribution in [2.24, 2.45) is 4.99 Å². The molecule has 3 nitrogen and oxygen atoms in total. The first-order valence-electron chi connectivity index (χ1n) is 9.40. The van der Waals surface area contributed by atoms with Crippen LogP contribution in [0.5, 0.6) is 0 Å². The highest BCUT2D eigenvalue weighted by molar-refractivity contribution is 6.12. The lowest BCUT2D eigenvalue weighted by atomic mass is 9.97. The smallest absolute Gasteiger partial charge is 0.0876 e. The largest absolute Gasteiger partial charge is 0.372 e. The monoisotopic (exact) mass is 343 g/mol. The summed E-state index contributed by atoms with van der Waals surface area (Å²) in [6, 6.07) is 17.2. The molecule has 2 aliphatic rings. The molecule has 0 amide bonds. The Morgan fingerprint density at radius 3 is 2.50 bits per heavy atom. The summed E-state index contributed by atoms with van der Waals surface area (Å²) in [6.07, 6.45) is 5.33. The van der Waals surface area contributed by atoms with Crippen molar-refractivity contribution in [3.05, 3.63) is 72.0 Å². The molecule has 0 atom stereocenters. The van der Waals surface area contributed by atoms with E-state index in [4.69, 9.17) is 4.99 Å². The average molecular weight is 343 g/mol. The topological polar surface area (TPSA) is 18.8 Å². The molecule has 1 aliphatic carbocycles. The van der Waals surface area contributed by atoms with E-state index in [9.17, 15) is 0 Å². The van der Waals surface area contributed by atoms with Gasteiger partial charge in [-0.2, -0.15) is 0 Å². The van der Waals surface area contributed by atoms with Crippen molar-refractivity contribution in [2.45, 2.75) is 27.2 Å². The number of nitrogens with zero attached hydrogens (tertiary/aromatic N) is 3. The first-order valence-corrected chi connectivity index (χ1v) is 9.40. The second-order valence-corrected chi connectivity index (χ2v) is 6.82. The van der Waals surface area contributed by atoms with Crippen LogP contribution >= 0.6 is 0 Å². The van der Waals surface area contributed by atoms with Crippen molar-refractivity contribution in [3.8, 4) is 0 Å². The molecule has 132 valence electrons. The zero-order valence-corrected chi connectivity index (χ0v) is 15.7. The van der Waals surface area contributed by atoms with Gasteiger partial charge in [0, 0.05) is 30.9 Å². The molecule has 0 N–H and O–H groups in total. The summed E-state index contributed by atoms with van der Waals surface area (Å²) in [5.41, 5.74) is 8.32. The van der Waals surface area contributed by atoms with Gasteiger partial charge in [0.2, 0.25) is 0 Å². The Balaban J connectivity index is 1.90. The van der Waals surface area contributed by atoms with E-state index < -0.39 is 0 Å². The molecule has 1 heterocycles. The van der Waals surface area contributed by atoms with Gasteiger partial charge in [0.25, 0.3) is 0 Å². The molecule has 3 heteroatoms. The van der Waals surface area contributed by atoms with Gasteiger partial charge in [-0.15, -0.1) is 0 Å². The lowest BCUT2D eigenvalue weighted by molar-refractivity contribution is 0.866. The maximum atomic E-state index is 4.99. The first-order chi connectivity index (χ1) is 12.7. The maximum Gasteiger partial charge on any atom is 0.0876 e. The highest BCUT2D eigenvalue weighted by Crippen LogP contribution is 2.44. The van der Waals surface area contributed by atoms with Crippen molar-refractivity contribution in [3.63, 3.8) is 0 Å². The van der Waals surface area contributed by atoms with Gasteiger partial charge in [0.15, 0.2) is 0 Å². The Labute approximate surface area is 156 Å². The van der Waals surface area contributed by atoms with Gasteiger partial charge in [0.1, 0.15) is 0 Å². The van der Waals surface area contributed by atoms with E-state index in [1.807, 2.05) is 0 Å². The molecule has 0 aromatic heterocycles. The Bertz CT molecular complexity index is 902. The fourth-order valence-corrected chi connectivity index (χ4v) is 3.73. The standard InChI is InChI=1S/C23H25N3/c1-4-25(5-2)19-12-13-20-23(16-19)26(18-9-7-6-8-10-18)22-14-11-17(3)15-21(22)24-20/h6-14,16H,4-5,15H2,1-3H3. The molecule has 2 aromatic carbocycles. The lowest BCUT2D eigenvalue weighted by Gasteiger charge is -2.35. The summed E-state index contributed by atoms with van der Waals surface area (Å²) in [6.45, 7) is 8.57. The summed E-state index contributed by atoms with van der Waals surface area (Å²) >= 11 is 0. The SMILES string of the molecule is CCN(CC)c1ccc2c(c1)N(c1ccccc1)C1=CC=C(C)CC1=N2. The van der Waals surface area contributed by atoms with E-state index in [0.29, 0.717) is 0 Å². The van der Waals surface area contributed by atoms with E-state index in [1.54, 1.807) is 0 Å². The van der Waals surface area contributed by atoms with Crippen LogP contribution in [0.2, 0.25) is 0 Å². The number of allylic oxidation sites excluding steroid dienone is 4. The molecular weight excluding hydrogens is 318 g/mol. The summed E-state index contributed by atoms with van der Waals surface area (Å²) in [5.74, 6) is 0. The Kier molecular flexibility index (Phi) is 4.37. The third kappa shape index (κ3) is 2.84. The third-order valence-corrected chi connectivity index (χ3v) is 5.11. The fraction of sp³-hybridized carbons (Fsp3) is 0.261. The van der Waals surface area contributed by atoms with Gasteiger partial charge < -0.3 is 9.80 Å². The zero-order valence-electron chi connectivity index (χ0n) is 15.7. The molecule has 1 aliphatic heterocycles. The summed E-state index contributed by atoms with van der Waals surface area (Å²) in [7, 11) is 0. The molecule has 0 radical (unpaired) electrons. The van der Waals surface area contributed by atoms with Gasteiger partial charge in [-0.25, -0.2) is 4.99 Å². The molecule has 0 bridgehead atoms. The normalized spacial score (nSPS) is 15.5.